The van der Waals surface area contributed by atoms with Crippen molar-refractivity contribution in [2.75, 3.05) is 18.8 Å². The molecule has 0 aliphatic carbocycles. The van der Waals surface area contributed by atoms with Crippen molar-refractivity contribution < 1.29 is 4.79 Å². The molecule has 0 aromatic carbocycles. The zero-order valence-electron chi connectivity index (χ0n) is 10.6. The maximum atomic E-state index is 11.9. The fraction of sp³-hybridized carbons (Fsp3) is 0.923. The van der Waals surface area contributed by atoms with Crippen LogP contribution < -0.4 is 0 Å². The van der Waals surface area contributed by atoms with Gasteiger partial charge in [-0.15, -0.1) is 0 Å². The molecule has 94 valence electrons. The van der Waals surface area contributed by atoms with Crippen molar-refractivity contribution in [1.29, 1.82) is 0 Å². The standard InChI is InChI=1S/C13H25NOS/c1-3-4-12(10-16)9-14-8-7-11(2)5-6-13(14)15/h11-12,16H,3-10H2,1-2H3. The summed E-state index contributed by atoms with van der Waals surface area (Å²) in [5.74, 6) is 2.53. The summed E-state index contributed by atoms with van der Waals surface area (Å²) in [6.07, 6.45) is 5.34. The van der Waals surface area contributed by atoms with Gasteiger partial charge < -0.3 is 4.90 Å². The number of carbonyl (C=O) groups excluding carboxylic acids is 1. The highest BCUT2D eigenvalue weighted by Crippen LogP contribution is 2.19. The summed E-state index contributed by atoms with van der Waals surface area (Å²) in [5.41, 5.74) is 0. The van der Waals surface area contributed by atoms with Crippen LogP contribution in [0.2, 0.25) is 0 Å². The van der Waals surface area contributed by atoms with Crippen molar-refractivity contribution in [1.82, 2.24) is 4.90 Å². The van der Waals surface area contributed by atoms with E-state index in [1.54, 1.807) is 0 Å². The van der Waals surface area contributed by atoms with Crippen LogP contribution in [0.25, 0.3) is 0 Å². The molecule has 1 saturated heterocycles. The van der Waals surface area contributed by atoms with E-state index in [1.165, 1.54) is 12.8 Å². The van der Waals surface area contributed by atoms with E-state index in [0.717, 1.165) is 38.1 Å². The Morgan fingerprint density at radius 1 is 1.50 bits per heavy atom. The molecule has 2 unspecified atom stereocenters. The van der Waals surface area contributed by atoms with Crippen LogP contribution in [0, 0.1) is 11.8 Å². The van der Waals surface area contributed by atoms with Gasteiger partial charge in [-0.05, 0) is 36.9 Å². The summed E-state index contributed by atoms with van der Waals surface area (Å²) in [5, 5.41) is 0. The lowest BCUT2D eigenvalue weighted by atomic mass is 10.0. The molecule has 0 saturated carbocycles. The summed E-state index contributed by atoms with van der Waals surface area (Å²) in [4.78, 5) is 14.0. The molecule has 1 rings (SSSR count). The van der Waals surface area contributed by atoms with Crippen molar-refractivity contribution in [3.63, 3.8) is 0 Å². The van der Waals surface area contributed by atoms with E-state index >= 15 is 0 Å². The average Bonchev–Trinajstić information content (AvgIpc) is 2.43. The lowest BCUT2D eigenvalue weighted by molar-refractivity contribution is -0.131. The van der Waals surface area contributed by atoms with Gasteiger partial charge in [-0.2, -0.15) is 12.6 Å². The number of hydrogen-bond acceptors (Lipinski definition) is 2. The SMILES string of the molecule is CCCC(CS)CN1CCC(C)CCC1=O. The van der Waals surface area contributed by atoms with Crippen molar-refractivity contribution in [2.24, 2.45) is 11.8 Å². The Bertz CT molecular complexity index is 220. The summed E-state index contributed by atoms with van der Waals surface area (Å²) in [6, 6.07) is 0. The molecule has 3 heteroatoms. The molecular formula is C13H25NOS. The zero-order valence-corrected chi connectivity index (χ0v) is 11.5. The van der Waals surface area contributed by atoms with Crippen molar-refractivity contribution in [3.05, 3.63) is 0 Å². The molecule has 2 nitrogen and oxygen atoms in total. The van der Waals surface area contributed by atoms with Gasteiger partial charge in [0, 0.05) is 19.5 Å². The van der Waals surface area contributed by atoms with E-state index in [0.29, 0.717) is 17.7 Å². The molecule has 2 atom stereocenters. The Morgan fingerprint density at radius 3 is 2.88 bits per heavy atom. The second kappa shape index (κ2) is 7.21. The average molecular weight is 243 g/mol. The number of hydrogen-bond donors (Lipinski definition) is 1. The van der Waals surface area contributed by atoms with Crippen LogP contribution >= 0.6 is 12.6 Å². The predicted molar refractivity (Wildman–Crippen MR) is 71.8 cm³/mol. The summed E-state index contributed by atoms with van der Waals surface area (Å²) in [7, 11) is 0. The highest BCUT2D eigenvalue weighted by molar-refractivity contribution is 7.80. The van der Waals surface area contributed by atoms with Gasteiger partial charge in [-0.25, -0.2) is 0 Å². The lowest BCUT2D eigenvalue weighted by Crippen LogP contribution is -2.35. The molecule has 0 aromatic heterocycles. The number of carbonyl (C=O) groups is 1. The van der Waals surface area contributed by atoms with Crippen LogP contribution in [0.15, 0.2) is 0 Å². The molecule has 1 heterocycles. The van der Waals surface area contributed by atoms with E-state index in [4.69, 9.17) is 0 Å². The monoisotopic (exact) mass is 243 g/mol. The first kappa shape index (κ1) is 13.9. The first-order valence-electron chi connectivity index (χ1n) is 6.56. The fourth-order valence-corrected chi connectivity index (χ4v) is 2.62. The van der Waals surface area contributed by atoms with Crippen molar-refractivity contribution in [3.8, 4) is 0 Å². The molecule has 1 fully saturated rings. The molecule has 0 radical (unpaired) electrons. The Hall–Kier alpha value is -0.180. The van der Waals surface area contributed by atoms with E-state index in [2.05, 4.69) is 31.4 Å². The number of nitrogens with zero attached hydrogens (tertiary/aromatic N) is 1. The lowest BCUT2D eigenvalue weighted by Gasteiger charge is -2.25. The molecule has 0 aromatic rings. The van der Waals surface area contributed by atoms with Gasteiger partial charge in [0.2, 0.25) is 5.91 Å². The normalized spacial score (nSPS) is 24.3. The van der Waals surface area contributed by atoms with Gasteiger partial charge in [0.05, 0.1) is 0 Å². The minimum Gasteiger partial charge on any atom is -0.342 e. The second-order valence-corrected chi connectivity index (χ2v) is 5.47. The maximum absolute atomic E-state index is 11.9. The summed E-state index contributed by atoms with van der Waals surface area (Å²) >= 11 is 4.39. The van der Waals surface area contributed by atoms with Gasteiger partial charge in [-0.3, -0.25) is 4.79 Å². The Kier molecular flexibility index (Phi) is 6.25. The highest BCUT2D eigenvalue weighted by Gasteiger charge is 2.22. The van der Waals surface area contributed by atoms with Gasteiger partial charge in [0.15, 0.2) is 0 Å². The first-order valence-corrected chi connectivity index (χ1v) is 7.19. The van der Waals surface area contributed by atoms with Crippen LogP contribution in [0.3, 0.4) is 0 Å². The van der Waals surface area contributed by atoms with Gasteiger partial charge in [0.25, 0.3) is 0 Å². The third kappa shape index (κ3) is 4.36. The second-order valence-electron chi connectivity index (χ2n) is 5.11. The Balaban J connectivity index is 2.46. The number of rotatable bonds is 5. The van der Waals surface area contributed by atoms with Crippen molar-refractivity contribution >= 4 is 18.5 Å². The molecule has 1 amide bonds. The van der Waals surface area contributed by atoms with E-state index in [-0.39, 0.29) is 0 Å². The minimum atomic E-state index is 0.354. The van der Waals surface area contributed by atoms with E-state index in [1.807, 2.05) is 0 Å². The minimum absolute atomic E-state index is 0.354. The Morgan fingerprint density at radius 2 is 2.25 bits per heavy atom. The third-order valence-electron chi connectivity index (χ3n) is 3.53. The number of amides is 1. The molecule has 0 bridgehead atoms. The van der Waals surface area contributed by atoms with Crippen LogP contribution in [-0.4, -0.2) is 29.6 Å². The van der Waals surface area contributed by atoms with Gasteiger partial charge >= 0.3 is 0 Å². The predicted octanol–water partition coefficient (Wildman–Crippen LogP) is 2.98. The van der Waals surface area contributed by atoms with Crippen molar-refractivity contribution in [2.45, 2.75) is 46.0 Å². The Labute approximate surface area is 105 Å². The van der Waals surface area contributed by atoms with Crippen LogP contribution in [0.4, 0.5) is 0 Å². The molecule has 0 spiro atoms. The quantitative estimate of drug-likeness (QED) is 0.736. The topological polar surface area (TPSA) is 20.3 Å². The maximum Gasteiger partial charge on any atom is 0.222 e. The smallest absolute Gasteiger partial charge is 0.222 e. The van der Waals surface area contributed by atoms with Crippen LogP contribution in [0.5, 0.6) is 0 Å². The van der Waals surface area contributed by atoms with Gasteiger partial charge in [0.1, 0.15) is 0 Å². The summed E-state index contributed by atoms with van der Waals surface area (Å²) < 4.78 is 0. The largest absolute Gasteiger partial charge is 0.342 e. The van der Waals surface area contributed by atoms with Crippen LogP contribution in [-0.2, 0) is 4.79 Å². The fourth-order valence-electron chi connectivity index (χ4n) is 2.33. The van der Waals surface area contributed by atoms with E-state index < -0.39 is 0 Å². The molecule has 16 heavy (non-hydrogen) atoms. The molecule has 1 aliphatic heterocycles. The number of likely N-dealkylation sites (tertiary alicyclic amines) is 1. The summed E-state index contributed by atoms with van der Waals surface area (Å²) in [6.45, 7) is 6.32. The molecule has 0 N–H and O–H groups in total. The first-order chi connectivity index (χ1) is 7.67. The van der Waals surface area contributed by atoms with E-state index in [9.17, 15) is 4.79 Å². The zero-order chi connectivity index (χ0) is 12.0. The molecular weight excluding hydrogens is 218 g/mol. The van der Waals surface area contributed by atoms with Crippen LogP contribution in [0.1, 0.15) is 46.0 Å². The highest BCUT2D eigenvalue weighted by atomic mass is 32.1. The molecule has 1 aliphatic rings. The third-order valence-corrected chi connectivity index (χ3v) is 4.05. The van der Waals surface area contributed by atoms with Gasteiger partial charge in [-0.1, -0.05) is 20.3 Å². The number of thiol groups is 1.